The lowest BCUT2D eigenvalue weighted by Gasteiger charge is -2.44. The second-order valence-electron chi connectivity index (χ2n) is 3.57. The normalized spacial score (nSPS) is 21.2. The van der Waals surface area contributed by atoms with Crippen molar-refractivity contribution >= 4 is 0 Å². The van der Waals surface area contributed by atoms with Crippen molar-refractivity contribution in [1.29, 1.82) is 0 Å². The molecule has 1 heterocycles. The van der Waals surface area contributed by atoms with Crippen molar-refractivity contribution < 1.29 is 5.11 Å². The van der Waals surface area contributed by atoms with Gasteiger partial charge in [0, 0.05) is 19.6 Å². The average molecular weight is 174 g/mol. The lowest BCUT2D eigenvalue weighted by Crippen LogP contribution is -2.64. The van der Waals surface area contributed by atoms with E-state index in [1.807, 2.05) is 7.05 Å². The Labute approximate surface area is 75.8 Å². The van der Waals surface area contributed by atoms with Crippen LogP contribution in [0.4, 0.5) is 0 Å². The van der Waals surface area contributed by atoms with E-state index in [0.29, 0.717) is 0 Å². The van der Waals surface area contributed by atoms with Crippen LogP contribution < -0.4 is 5.32 Å². The summed E-state index contributed by atoms with van der Waals surface area (Å²) in [5.74, 6) is 0. The van der Waals surface area contributed by atoms with Gasteiger partial charge in [-0.25, -0.2) is 0 Å². The number of likely N-dealkylation sites (tertiary alicyclic amines) is 1. The molecule has 1 fully saturated rings. The topological polar surface area (TPSA) is 35.5 Å². The summed E-state index contributed by atoms with van der Waals surface area (Å²) >= 11 is 0. The summed E-state index contributed by atoms with van der Waals surface area (Å²) in [4.78, 5) is 2.12. The minimum absolute atomic E-state index is 0. The highest BCUT2D eigenvalue weighted by Crippen LogP contribution is 2.16. The van der Waals surface area contributed by atoms with Gasteiger partial charge in [-0.1, -0.05) is 14.4 Å². The van der Waals surface area contributed by atoms with Gasteiger partial charge in [0.2, 0.25) is 0 Å². The third-order valence-corrected chi connectivity index (χ3v) is 2.01. The van der Waals surface area contributed by atoms with Crippen LogP contribution in [0.25, 0.3) is 0 Å². The second kappa shape index (κ2) is 4.80. The molecule has 0 radical (unpaired) electrons. The zero-order valence-electron chi connectivity index (χ0n) is 7.43. The van der Waals surface area contributed by atoms with Crippen LogP contribution in [0.5, 0.6) is 0 Å². The maximum atomic E-state index is 9.70. The fourth-order valence-electron chi connectivity index (χ4n) is 1.57. The first kappa shape index (κ1) is 11.9. The zero-order valence-corrected chi connectivity index (χ0v) is 7.43. The Morgan fingerprint density at radius 1 is 1.50 bits per heavy atom. The molecule has 3 heteroatoms. The van der Waals surface area contributed by atoms with Gasteiger partial charge in [-0.05, 0) is 20.0 Å². The molecular formula is C9H22N2O. The van der Waals surface area contributed by atoms with Crippen LogP contribution in [0.3, 0.4) is 0 Å². The average Bonchev–Trinajstić information content (AvgIpc) is 1.85. The van der Waals surface area contributed by atoms with E-state index >= 15 is 0 Å². The molecule has 0 aromatic carbocycles. The first-order chi connectivity index (χ1) is 5.16. The molecule has 0 bridgehead atoms. The Hall–Kier alpha value is -0.120. The summed E-state index contributed by atoms with van der Waals surface area (Å²) < 4.78 is 0. The number of hydrogen-bond acceptors (Lipinski definition) is 3. The Bertz CT molecular complexity index is 122. The van der Waals surface area contributed by atoms with E-state index in [1.54, 1.807) is 0 Å². The summed E-state index contributed by atoms with van der Waals surface area (Å²) in [6.07, 6.45) is 1.13. The van der Waals surface area contributed by atoms with Crippen LogP contribution in [0.1, 0.15) is 20.8 Å². The fraction of sp³-hybridized carbons (Fsp3) is 1.00. The van der Waals surface area contributed by atoms with Crippen molar-refractivity contribution in [2.24, 2.45) is 0 Å². The number of aliphatic hydroxyl groups is 1. The highest BCUT2D eigenvalue weighted by atomic mass is 16.3. The molecule has 0 aromatic heterocycles. The lowest BCUT2D eigenvalue weighted by molar-refractivity contribution is -0.0831. The Kier molecular flexibility index (Phi) is 4.75. The number of likely N-dealkylation sites (N-methyl/N-ethyl adjacent to an activating group) is 1. The molecule has 0 amide bonds. The van der Waals surface area contributed by atoms with Crippen molar-refractivity contribution in [3.05, 3.63) is 0 Å². The molecule has 0 spiro atoms. The van der Waals surface area contributed by atoms with Gasteiger partial charge in [-0.2, -0.15) is 0 Å². The Balaban J connectivity index is 0.00000121. The number of β-amino-alcohol motifs (C(OH)–C–C–N with tert-alkyl or cyclic N) is 1. The fourth-order valence-corrected chi connectivity index (χ4v) is 1.57. The number of rotatable bonds is 4. The van der Waals surface area contributed by atoms with E-state index in [2.05, 4.69) is 17.1 Å². The third kappa shape index (κ3) is 3.09. The summed E-state index contributed by atoms with van der Waals surface area (Å²) in [5.41, 5.74) is -0.441. The van der Waals surface area contributed by atoms with Gasteiger partial charge >= 0.3 is 0 Å². The number of nitrogens with one attached hydrogen (secondary N) is 1. The van der Waals surface area contributed by atoms with Crippen molar-refractivity contribution in [1.82, 2.24) is 10.2 Å². The predicted octanol–water partition coefficient (Wildman–Crippen LogP) is 0.299. The quantitative estimate of drug-likeness (QED) is 0.602. The third-order valence-electron chi connectivity index (χ3n) is 2.01. The molecular weight excluding hydrogens is 152 g/mol. The molecule has 1 aliphatic rings. The van der Waals surface area contributed by atoms with Crippen molar-refractivity contribution in [3.8, 4) is 0 Å². The molecule has 1 saturated heterocycles. The van der Waals surface area contributed by atoms with Gasteiger partial charge in [0.25, 0.3) is 0 Å². The monoisotopic (exact) mass is 174 g/mol. The molecule has 1 rings (SSSR count). The largest absolute Gasteiger partial charge is 0.386 e. The number of nitrogens with zero attached hydrogens (tertiary/aromatic N) is 1. The SMILES string of the molecule is C.CCCNCC1(O)CN(C)C1. The van der Waals surface area contributed by atoms with E-state index in [9.17, 15) is 5.11 Å². The molecule has 0 saturated carbocycles. The lowest BCUT2D eigenvalue weighted by atomic mass is 9.95. The molecule has 0 aliphatic carbocycles. The van der Waals surface area contributed by atoms with Crippen LogP contribution in [-0.2, 0) is 0 Å². The Morgan fingerprint density at radius 2 is 2.08 bits per heavy atom. The summed E-state index contributed by atoms with van der Waals surface area (Å²) in [6, 6.07) is 0. The van der Waals surface area contributed by atoms with E-state index in [0.717, 1.165) is 32.6 Å². The van der Waals surface area contributed by atoms with Gasteiger partial charge in [0.15, 0.2) is 0 Å². The van der Waals surface area contributed by atoms with Crippen LogP contribution in [0.2, 0.25) is 0 Å². The molecule has 2 N–H and O–H groups in total. The van der Waals surface area contributed by atoms with Crippen LogP contribution in [0.15, 0.2) is 0 Å². The molecule has 1 aliphatic heterocycles. The first-order valence-corrected chi connectivity index (χ1v) is 4.28. The molecule has 0 atom stereocenters. The van der Waals surface area contributed by atoms with Crippen LogP contribution in [-0.4, -0.2) is 48.8 Å². The minimum atomic E-state index is -0.441. The maximum absolute atomic E-state index is 9.70. The standard InChI is InChI=1S/C8H18N2O.CH4/c1-3-4-9-5-8(11)6-10(2)7-8;/h9,11H,3-7H2,1-2H3;1H4. The highest BCUT2D eigenvalue weighted by molar-refractivity contribution is 4.95. The van der Waals surface area contributed by atoms with Gasteiger partial charge in [-0.15, -0.1) is 0 Å². The zero-order chi connectivity index (χ0) is 8.32. The molecule has 12 heavy (non-hydrogen) atoms. The van der Waals surface area contributed by atoms with Crippen LogP contribution >= 0.6 is 0 Å². The number of hydrogen-bond donors (Lipinski definition) is 2. The summed E-state index contributed by atoms with van der Waals surface area (Å²) in [6.45, 7) is 5.49. The Morgan fingerprint density at radius 3 is 2.50 bits per heavy atom. The van der Waals surface area contributed by atoms with Gasteiger partial charge in [-0.3, -0.25) is 0 Å². The predicted molar refractivity (Wildman–Crippen MR) is 52.3 cm³/mol. The van der Waals surface area contributed by atoms with Crippen molar-refractivity contribution in [3.63, 3.8) is 0 Å². The maximum Gasteiger partial charge on any atom is 0.102 e. The smallest absolute Gasteiger partial charge is 0.102 e. The van der Waals surface area contributed by atoms with Gasteiger partial charge in [0.05, 0.1) is 0 Å². The summed E-state index contributed by atoms with van der Waals surface area (Å²) in [5, 5.41) is 12.9. The minimum Gasteiger partial charge on any atom is -0.386 e. The molecule has 0 unspecified atom stereocenters. The first-order valence-electron chi connectivity index (χ1n) is 4.28. The van der Waals surface area contributed by atoms with E-state index in [-0.39, 0.29) is 7.43 Å². The van der Waals surface area contributed by atoms with Crippen molar-refractivity contribution in [2.45, 2.75) is 26.4 Å². The molecule has 0 aromatic rings. The van der Waals surface area contributed by atoms with Crippen molar-refractivity contribution in [2.75, 3.05) is 33.2 Å². The van der Waals surface area contributed by atoms with Gasteiger partial charge < -0.3 is 15.3 Å². The second-order valence-corrected chi connectivity index (χ2v) is 3.57. The van der Waals surface area contributed by atoms with Crippen LogP contribution in [0, 0.1) is 0 Å². The summed E-state index contributed by atoms with van der Waals surface area (Å²) in [7, 11) is 2.02. The van der Waals surface area contributed by atoms with Gasteiger partial charge in [0.1, 0.15) is 5.60 Å². The molecule has 3 nitrogen and oxygen atoms in total. The van der Waals surface area contributed by atoms with E-state index in [1.165, 1.54) is 0 Å². The van der Waals surface area contributed by atoms with E-state index in [4.69, 9.17) is 0 Å². The molecule has 74 valence electrons. The van der Waals surface area contributed by atoms with E-state index < -0.39 is 5.60 Å². The highest BCUT2D eigenvalue weighted by Gasteiger charge is 2.38.